The molecule has 3 nitrogen and oxygen atoms in total. The van der Waals surface area contributed by atoms with Gasteiger partial charge >= 0.3 is 5.97 Å². The van der Waals surface area contributed by atoms with Gasteiger partial charge in [0.25, 0.3) is 0 Å². The third kappa shape index (κ3) is 11.9. The first-order valence-corrected chi connectivity index (χ1v) is 10.6. The van der Waals surface area contributed by atoms with E-state index in [-0.39, 0.29) is 5.97 Å². The Bertz CT molecular complexity index is 470. The number of rotatable bonds is 16. The van der Waals surface area contributed by atoms with Gasteiger partial charge in [-0.3, -0.25) is 4.79 Å². The first-order valence-electron chi connectivity index (χ1n) is 10.6. The van der Waals surface area contributed by atoms with Crippen molar-refractivity contribution in [2.24, 2.45) is 0 Å². The second kappa shape index (κ2) is 15.7. The molecule has 1 aromatic carbocycles. The Hall–Kier alpha value is -1.51. The van der Waals surface area contributed by atoms with Crippen LogP contribution in [0.25, 0.3) is 0 Å². The van der Waals surface area contributed by atoms with E-state index in [2.05, 4.69) is 6.92 Å². The maximum Gasteiger partial charge on any atom is 0.306 e. The van der Waals surface area contributed by atoms with Gasteiger partial charge in [0, 0.05) is 6.42 Å². The summed E-state index contributed by atoms with van der Waals surface area (Å²) in [5.41, 5.74) is 0.975. The van der Waals surface area contributed by atoms with Gasteiger partial charge in [0.2, 0.25) is 0 Å². The zero-order chi connectivity index (χ0) is 18.9. The Morgan fingerprint density at radius 3 is 2.08 bits per heavy atom. The molecule has 0 aliphatic heterocycles. The van der Waals surface area contributed by atoms with Gasteiger partial charge in [0.05, 0.1) is 6.61 Å². The molecule has 26 heavy (non-hydrogen) atoms. The van der Waals surface area contributed by atoms with Crippen LogP contribution in [0, 0.1) is 0 Å². The second-order valence-corrected chi connectivity index (χ2v) is 7.03. The van der Waals surface area contributed by atoms with E-state index in [1.165, 1.54) is 57.8 Å². The van der Waals surface area contributed by atoms with Crippen molar-refractivity contribution in [3.8, 4) is 5.75 Å². The van der Waals surface area contributed by atoms with Crippen LogP contribution in [0.3, 0.4) is 0 Å². The molecule has 0 spiro atoms. The van der Waals surface area contributed by atoms with Crippen molar-refractivity contribution in [3.63, 3.8) is 0 Å². The zero-order valence-corrected chi connectivity index (χ0v) is 16.9. The van der Waals surface area contributed by atoms with Gasteiger partial charge in [-0.2, -0.15) is 0 Å². The van der Waals surface area contributed by atoms with Crippen LogP contribution in [0.5, 0.6) is 5.75 Å². The molecule has 0 bridgehead atoms. The van der Waals surface area contributed by atoms with E-state index in [0.717, 1.165) is 24.2 Å². The molecule has 1 aromatic rings. The summed E-state index contributed by atoms with van der Waals surface area (Å²) in [6.45, 7) is 5.19. The van der Waals surface area contributed by atoms with Crippen molar-refractivity contribution in [2.75, 3.05) is 6.61 Å². The molecule has 0 saturated carbocycles. The highest BCUT2D eigenvalue weighted by Gasteiger charge is 2.04. The average Bonchev–Trinajstić information content (AvgIpc) is 2.65. The van der Waals surface area contributed by atoms with Crippen LogP contribution in [-0.4, -0.2) is 12.6 Å². The minimum atomic E-state index is -0.0947. The molecule has 3 heteroatoms. The normalized spacial score (nSPS) is 10.7. The third-order valence-electron chi connectivity index (χ3n) is 4.59. The van der Waals surface area contributed by atoms with Crippen molar-refractivity contribution in [3.05, 3.63) is 29.8 Å². The fraction of sp³-hybridized carbons (Fsp3) is 0.696. The molecule has 0 aliphatic carbocycles. The molecule has 0 unspecified atom stereocenters. The fourth-order valence-electron chi connectivity index (χ4n) is 3.06. The van der Waals surface area contributed by atoms with E-state index < -0.39 is 0 Å². The minimum Gasteiger partial charge on any atom is -0.494 e. The molecule has 148 valence electrons. The fourth-order valence-corrected chi connectivity index (χ4v) is 3.06. The van der Waals surface area contributed by atoms with Gasteiger partial charge in [-0.05, 0) is 31.0 Å². The quantitative estimate of drug-likeness (QED) is 0.239. The number of unbranched alkanes of at least 4 members (excludes halogenated alkanes) is 10. The van der Waals surface area contributed by atoms with Gasteiger partial charge in [-0.15, -0.1) is 0 Å². The lowest BCUT2D eigenvalue weighted by molar-refractivity contribution is -0.145. The Balaban J connectivity index is 1.96. The summed E-state index contributed by atoms with van der Waals surface area (Å²) in [5, 5.41) is 0. The summed E-state index contributed by atoms with van der Waals surface area (Å²) in [4.78, 5) is 11.8. The van der Waals surface area contributed by atoms with Gasteiger partial charge in [0.15, 0.2) is 0 Å². The van der Waals surface area contributed by atoms with E-state index >= 15 is 0 Å². The smallest absolute Gasteiger partial charge is 0.306 e. The van der Waals surface area contributed by atoms with Crippen LogP contribution >= 0.6 is 0 Å². The lowest BCUT2D eigenvalue weighted by atomic mass is 10.1. The van der Waals surface area contributed by atoms with Gasteiger partial charge in [-0.25, -0.2) is 0 Å². The average molecular weight is 363 g/mol. The standard InChI is InChI=1S/C23H38O3/c1-3-5-6-7-8-9-10-11-12-13-14-18-23(24)26-20-21-16-15-17-22(19-21)25-4-2/h15-17,19H,3-14,18,20H2,1-2H3. The molecule has 0 radical (unpaired) electrons. The SMILES string of the molecule is CCCCCCCCCCCCCC(=O)OCc1cccc(OCC)c1. The topological polar surface area (TPSA) is 35.5 Å². The molecular formula is C23H38O3. The maximum atomic E-state index is 11.8. The highest BCUT2D eigenvalue weighted by Crippen LogP contribution is 2.15. The van der Waals surface area contributed by atoms with Gasteiger partial charge in [0.1, 0.15) is 12.4 Å². The lowest BCUT2D eigenvalue weighted by Gasteiger charge is -2.07. The van der Waals surface area contributed by atoms with Crippen LogP contribution in [0.2, 0.25) is 0 Å². The Morgan fingerprint density at radius 2 is 1.46 bits per heavy atom. The third-order valence-corrected chi connectivity index (χ3v) is 4.59. The molecule has 0 saturated heterocycles. The molecule has 0 aromatic heterocycles. The number of benzene rings is 1. The first-order chi connectivity index (χ1) is 12.8. The number of carbonyl (C=O) groups is 1. The van der Waals surface area contributed by atoms with Crippen molar-refractivity contribution in [1.82, 2.24) is 0 Å². The molecule has 0 N–H and O–H groups in total. The van der Waals surface area contributed by atoms with E-state index in [9.17, 15) is 4.79 Å². The lowest BCUT2D eigenvalue weighted by Crippen LogP contribution is -2.04. The predicted molar refractivity (Wildman–Crippen MR) is 108 cm³/mol. The van der Waals surface area contributed by atoms with E-state index in [1.54, 1.807) is 0 Å². The van der Waals surface area contributed by atoms with Crippen LogP contribution in [0.1, 0.15) is 96.5 Å². The number of hydrogen-bond acceptors (Lipinski definition) is 3. The zero-order valence-electron chi connectivity index (χ0n) is 16.9. The molecule has 0 atom stereocenters. The van der Waals surface area contributed by atoms with Crippen molar-refractivity contribution in [2.45, 2.75) is 97.5 Å². The first kappa shape index (κ1) is 22.5. The highest BCUT2D eigenvalue weighted by molar-refractivity contribution is 5.69. The predicted octanol–water partition coefficient (Wildman–Crippen LogP) is 6.83. The second-order valence-electron chi connectivity index (χ2n) is 7.03. The molecule has 0 heterocycles. The van der Waals surface area contributed by atoms with Crippen LogP contribution in [-0.2, 0) is 16.1 Å². The Morgan fingerprint density at radius 1 is 0.846 bits per heavy atom. The van der Waals surface area contributed by atoms with Crippen LogP contribution in [0.4, 0.5) is 0 Å². The summed E-state index contributed by atoms with van der Waals surface area (Å²) < 4.78 is 10.8. The largest absolute Gasteiger partial charge is 0.494 e. The molecule has 0 amide bonds. The Kier molecular flexibility index (Phi) is 13.6. The molecule has 0 aliphatic rings. The summed E-state index contributed by atoms with van der Waals surface area (Å²) in [7, 11) is 0. The summed E-state index contributed by atoms with van der Waals surface area (Å²) in [5.74, 6) is 0.731. The molecule has 1 rings (SSSR count). The van der Waals surface area contributed by atoms with Crippen molar-refractivity contribution < 1.29 is 14.3 Å². The van der Waals surface area contributed by atoms with Crippen LogP contribution in [0.15, 0.2) is 24.3 Å². The number of hydrogen-bond donors (Lipinski definition) is 0. The summed E-state index contributed by atoms with van der Waals surface area (Å²) in [6, 6.07) is 7.73. The monoisotopic (exact) mass is 362 g/mol. The van der Waals surface area contributed by atoms with Crippen LogP contribution < -0.4 is 4.74 Å². The van der Waals surface area contributed by atoms with E-state index in [4.69, 9.17) is 9.47 Å². The van der Waals surface area contributed by atoms with Crippen molar-refractivity contribution >= 4 is 5.97 Å². The minimum absolute atomic E-state index is 0.0947. The van der Waals surface area contributed by atoms with E-state index in [1.807, 2.05) is 31.2 Å². The van der Waals surface area contributed by atoms with E-state index in [0.29, 0.717) is 19.6 Å². The molecule has 0 fully saturated rings. The Labute approximate surface area is 160 Å². The van der Waals surface area contributed by atoms with Crippen molar-refractivity contribution in [1.29, 1.82) is 0 Å². The number of esters is 1. The number of carbonyl (C=O) groups excluding carboxylic acids is 1. The highest BCUT2D eigenvalue weighted by atomic mass is 16.5. The maximum absolute atomic E-state index is 11.8. The van der Waals surface area contributed by atoms with Gasteiger partial charge in [-0.1, -0.05) is 83.3 Å². The number of ether oxygens (including phenoxy) is 2. The summed E-state index contributed by atoms with van der Waals surface area (Å²) >= 11 is 0. The molecular weight excluding hydrogens is 324 g/mol. The summed E-state index contributed by atoms with van der Waals surface area (Å²) in [6.07, 6.45) is 14.7. The van der Waals surface area contributed by atoms with Gasteiger partial charge < -0.3 is 9.47 Å².